The van der Waals surface area contributed by atoms with Gasteiger partial charge in [0.25, 0.3) is 0 Å². The largest absolute Gasteiger partial charge is 0.455 e. The molecule has 0 saturated carbocycles. The Kier molecular flexibility index (Phi) is 3.77. The number of hydroxylamine groups is 2. The van der Waals surface area contributed by atoms with Gasteiger partial charge in [0.1, 0.15) is 12.3 Å². The van der Waals surface area contributed by atoms with E-state index in [4.69, 9.17) is 15.4 Å². The number of furan rings is 1. The van der Waals surface area contributed by atoms with Gasteiger partial charge in [0.05, 0.1) is 4.47 Å². The van der Waals surface area contributed by atoms with E-state index < -0.39 is 12.1 Å². The number of rotatable bonds is 1. The van der Waals surface area contributed by atoms with Crippen LogP contribution in [0.4, 0.5) is 4.79 Å². The summed E-state index contributed by atoms with van der Waals surface area (Å²) in [6.07, 6.45) is 1.49. The summed E-state index contributed by atoms with van der Waals surface area (Å²) in [5.41, 5.74) is 4.85. The molecule has 1 rings (SSSR count). The standard InChI is InChI=1S/C9H9BrN2O3/c1-6(12(14)9(11)13)2-3-8-4-7(10)5-15-8/h4-6,14H,1H3,(H2,11,13). The molecule has 0 aliphatic heterocycles. The third kappa shape index (κ3) is 3.31. The van der Waals surface area contributed by atoms with Crippen LogP contribution in [-0.2, 0) is 0 Å². The number of urea groups is 1. The van der Waals surface area contributed by atoms with Crippen LogP contribution in [0.3, 0.4) is 0 Å². The molecule has 0 radical (unpaired) electrons. The molecule has 1 unspecified atom stereocenters. The number of hydrogen-bond donors (Lipinski definition) is 2. The Morgan fingerprint density at radius 3 is 2.93 bits per heavy atom. The summed E-state index contributed by atoms with van der Waals surface area (Å²) in [5.74, 6) is 5.69. The third-order valence-electron chi connectivity index (χ3n) is 1.56. The SMILES string of the molecule is CC(C#Cc1cc(Br)co1)N(O)C(N)=O. The van der Waals surface area contributed by atoms with Gasteiger partial charge >= 0.3 is 6.03 Å². The Morgan fingerprint density at radius 1 is 1.80 bits per heavy atom. The molecule has 5 nitrogen and oxygen atoms in total. The summed E-state index contributed by atoms with van der Waals surface area (Å²) < 4.78 is 5.79. The highest BCUT2D eigenvalue weighted by molar-refractivity contribution is 9.10. The Labute approximate surface area is 94.9 Å². The smallest absolute Gasteiger partial charge is 0.339 e. The second-order valence-corrected chi connectivity index (χ2v) is 3.67. The normalized spacial score (nSPS) is 11.4. The minimum absolute atomic E-state index is 0.352. The van der Waals surface area contributed by atoms with Crippen molar-refractivity contribution < 1.29 is 14.4 Å². The van der Waals surface area contributed by atoms with E-state index in [0.717, 1.165) is 4.47 Å². The zero-order valence-corrected chi connectivity index (χ0v) is 9.48. The molecule has 0 aliphatic rings. The van der Waals surface area contributed by atoms with E-state index in [0.29, 0.717) is 10.8 Å². The van der Waals surface area contributed by atoms with Crippen molar-refractivity contribution in [3.8, 4) is 11.8 Å². The highest BCUT2D eigenvalue weighted by atomic mass is 79.9. The van der Waals surface area contributed by atoms with Gasteiger partial charge in [-0.05, 0) is 28.8 Å². The quantitative estimate of drug-likeness (QED) is 0.463. The average molecular weight is 273 g/mol. The fraction of sp³-hybridized carbons (Fsp3) is 0.222. The fourth-order valence-corrected chi connectivity index (χ4v) is 1.11. The molecule has 80 valence electrons. The van der Waals surface area contributed by atoms with E-state index in [-0.39, 0.29) is 0 Å². The molecule has 1 aromatic heterocycles. The number of carbonyl (C=O) groups excluding carboxylic acids is 1. The third-order valence-corrected chi connectivity index (χ3v) is 1.98. The molecule has 0 aromatic carbocycles. The van der Waals surface area contributed by atoms with Crippen LogP contribution in [0.15, 0.2) is 21.2 Å². The van der Waals surface area contributed by atoms with Crippen LogP contribution in [0.25, 0.3) is 0 Å². The number of hydrogen-bond acceptors (Lipinski definition) is 3. The van der Waals surface area contributed by atoms with E-state index in [1.165, 1.54) is 13.2 Å². The minimum atomic E-state index is -0.947. The summed E-state index contributed by atoms with van der Waals surface area (Å²) in [4.78, 5) is 10.6. The van der Waals surface area contributed by atoms with E-state index >= 15 is 0 Å². The number of halogens is 1. The van der Waals surface area contributed by atoms with Crippen molar-refractivity contribution in [3.63, 3.8) is 0 Å². The molecule has 0 saturated heterocycles. The Hall–Kier alpha value is -1.45. The van der Waals surface area contributed by atoms with Gasteiger partial charge in [-0.2, -0.15) is 5.06 Å². The predicted octanol–water partition coefficient (Wildman–Crippen LogP) is 1.55. The molecule has 0 fully saturated rings. The molecule has 0 aliphatic carbocycles. The first-order valence-electron chi connectivity index (χ1n) is 4.04. The molecule has 2 amide bonds. The van der Waals surface area contributed by atoms with E-state index in [9.17, 15) is 4.79 Å². The molecule has 0 spiro atoms. The van der Waals surface area contributed by atoms with Crippen LogP contribution in [0.1, 0.15) is 12.7 Å². The van der Waals surface area contributed by atoms with Crippen LogP contribution in [-0.4, -0.2) is 22.3 Å². The minimum Gasteiger partial charge on any atom is -0.455 e. The molecule has 15 heavy (non-hydrogen) atoms. The molecule has 1 aromatic rings. The van der Waals surface area contributed by atoms with Crippen molar-refractivity contribution in [1.29, 1.82) is 0 Å². The van der Waals surface area contributed by atoms with Crippen molar-refractivity contribution in [2.24, 2.45) is 5.73 Å². The lowest BCUT2D eigenvalue weighted by atomic mass is 10.3. The second-order valence-electron chi connectivity index (χ2n) is 2.76. The number of carbonyl (C=O) groups is 1. The van der Waals surface area contributed by atoms with Crippen molar-refractivity contribution in [2.75, 3.05) is 0 Å². The lowest BCUT2D eigenvalue weighted by Crippen LogP contribution is -2.38. The summed E-state index contributed by atoms with van der Waals surface area (Å²) in [5, 5.41) is 9.45. The number of nitrogens with two attached hydrogens (primary N) is 1. The monoisotopic (exact) mass is 272 g/mol. The molecule has 6 heteroatoms. The molecular weight excluding hydrogens is 264 g/mol. The van der Waals surface area contributed by atoms with Gasteiger partial charge in [0.15, 0.2) is 5.76 Å². The first-order valence-corrected chi connectivity index (χ1v) is 4.83. The topological polar surface area (TPSA) is 79.7 Å². The zero-order chi connectivity index (χ0) is 11.4. The molecule has 3 N–H and O–H groups in total. The van der Waals surface area contributed by atoms with Crippen molar-refractivity contribution in [1.82, 2.24) is 5.06 Å². The van der Waals surface area contributed by atoms with Crippen LogP contribution >= 0.6 is 15.9 Å². The lowest BCUT2D eigenvalue weighted by Gasteiger charge is -2.14. The highest BCUT2D eigenvalue weighted by Crippen LogP contribution is 2.12. The zero-order valence-electron chi connectivity index (χ0n) is 7.90. The molecular formula is C9H9BrN2O3. The number of nitrogens with zero attached hydrogens (tertiary/aromatic N) is 1. The first kappa shape index (κ1) is 11.6. The summed E-state index contributed by atoms with van der Waals surface area (Å²) >= 11 is 3.20. The van der Waals surface area contributed by atoms with E-state index in [1.807, 2.05) is 0 Å². The maximum atomic E-state index is 10.6. The Balaban J connectivity index is 2.69. The Bertz CT molecular complexity index is 418. The van der Waals surface area contributed by atoms with Gasteiger partial charge in [-0.3, -0.25) is 5.21 Å². The number of primary amides is 1. The number of amides is 2. The van der Waals surface area contributed by atoms with Gasteiger partial charge in [-0.25, -0.2) is 4.79 Å². The van der Waals surface area contributed by atoms with Crippen LogP contribution in [0.5, 0.6) is 0 Å². The summed E-state index contributed by atoms with van der Waals surface area (Å²) in [6, 6.07) is 0.0370. The lowest BCUT2D eigenvalue weighted by molar-refractivity contribution is -0.0536. The first-order chi connectivity index (χ1) is 7.00. The van der Waals surface area contributed by atoms with Crippen LogP contribution in [0.2, 0.25) is 0 Å². The Morgan fingerprint density at radius 2 is 2.47 bits per heavy atom. The van der Waals surface area contributed by atoms with Crippen LogP contribution in [0, 0.1) is 11.8 Å². The van der Waals surface area contributed by atoms with Gasteiger partial charge in [0, 0.05) is 6.07 Å². The van der Waals surface area contributed by atoms with Gasteiger partial charge in [0.2, 0.25) is 0 Å². The molecule has 0 bridgehead atoms. The maximum absolute atomic E-state index is 10.6. The van der Waals surface area contributed by atoms with Gasteiger partial charge in [-0.15, -0.1) is 0 Å². The van der Waals surface area contributed by atoms with Gasteiger partial charge in [-0.1, -0.05) is 5.92 Å². The average Bonchev–Trinajstić information content (AvgIpc) is 2.59. The molecule has 1 atom stereocenters. The predicted molar refractivity (Wildman–Crippen MR) is 56.0 cm³/mol. The van der Waals surface area contributed by atoms with E-state index in [1.54, 1.807) is 6.07 Å². The maximum Gasteiger partial charge on any atom is 0.339 e. The van der Waals surface area contributed by atoms with Crippen molar-refractivity contribution in [3.05, 3.63) is 22.6 Å². The second kappa shape index (κ2) is 4.87. The highest BCUT2D eigenvalue weighted by Gasteiger charge is 2.11. The summed E-state index contributed by atoms with van der Waals surface area (Å²) in [7, 11) is 0. The van der Waals surface area contributed by atoms with E-state index in [2.05, 4.69) is 27.8 Å². The van der Waals surface area contributed by atoms with Crippen LogP contribution < -0.4 is 5.73 Å². The van der Waals surface area contributed by atoms with Crippen molar-refractivity contribution >= 4 is 22.0 Å². The summed E-state index contributed by atoms with van der Waals surface area (Å²) in [6.45, 7) is 1.54. The van der Waals surface area contributed by atoms with Gasteiger partial charge < -0.3 is 10.2 Å². The van der Waals surface area contributed by atoms with Crippen molar-refractivity contribution in [2.45, 2.75) is 13.0 Å². The molecule has 1 heterocycles. The fourth-order valence-electron chi connectivity index (χ4n) is 0.806.